The zero-order valence-electron chi connectivity index (χ0n) is 72.0. The zero-order valence-corrected chi connectivity index (χ0v) is 72.0. The number of allylic oxidation sites excluding steroid dienone is 17. The Morgan fingerprint density at radius 2 is 0.609 bits per heavy atom. The molecule has 17 unspecified atom stereocenters. The van der Waals surface area contributed by atoms with Crippen molar-refractivity contribution >= 4 is 5.91 Å². The standard InChI is InChI=1S/C96H169NO18/c1-3-5-7-9-11-13-15-17-19-21-23-25-27-29-31-33-35-36-37-38-39-40-41-42-44-46-48-50-52-54-56-58-60-62-64-66-68-70-72-74-84(102)97-79(80(101)73-71-69-67-65-63-61-59-57-55-53-51-49-47-45-43-34-32-30-28-26-24-22-20-18-16-14-12-10-8-6-4-2)78-110-94-90(108)87(105)92(82(76-99)112-94)115-96-91(109)88(106)93(83(77-100)113-96)114-95-89(107)86(104)85(103)81(75-98)111-95/h5,7,11,13,17,19,23,25,29,31,35-36,55,57,63,65,71,73,79-83,85-96,98-101,103-109H,3-4,6,8-10,12,14-16,18,20-22,24,26-28,30,32-34,37-54,56,58-62,64,66-70,72,74-78H2,1-2H3,(H,97,102)/b7-5-,13-11-,19-17-,25-23-,31-29-,36-35-,57-55+,65-63+,73-71+. The van der Waals surface area contributed by atoms with Crippen LogP contribution in [0.25, 0.3) is 0 Å². The number of hydrogen-bond donors (Lipinski definition) is 12. The lowest BCUT2D eigenvalue weighted by Crippen LogP contribution is -2.66. The van der Waals surface area contributed by atoms with E-state index in [1.165, 1.54) is 244 Å². The third-order valence-corrected chi connectivity index (χ3v) is 22.5. The van der Waals surface area contributed by atoms with E-state index in [4.69, 9.17) is 28.4 Å². The number of unbranched alkanes of at least 4 members (excludes halogenated alkanes) is 43. The van der Waals surface area contributed by atoms with Crippen molar-refractivity contribution in [3.05, 3.63) is 109 Å². The van der Waals surface area contributed by atoms with Crippen molar-refractivity contribution < 1.29 is 89.4 Å². The summed E-state index contributed by atoms with van der Waals surface area (Å²) < 4.78 is 34.5. The molecule has 3 aliphatic heterocycles. The van der Waals surface area contributed by atoms with Crippen LogP contribution in [-0.4, -0.2) is 193 Å². The number of ether oxygens (including phenoxy) is 6. The van der Waals surface area contributed by atoms with Crippen molar-refractivity contribution in [1.29, 1.82) is 0 Å². The van der Waals surface area contributed by atoms with Crippen molar-refractivity contribution in [3.8, 4) is 0 Å². The van der Waals surface area contributed by atoms with Crippen molar-refractivity contribution in [1.82, 2.24) is 5.32 Å². The summed E-state index contributed by atoms with van der Waals surface area (Å²) in [5, 5.41) is 121. The Labute approximate surface area is 697 Å². The molecule has 115 heavy (non-hydrogen) atoms. The molecule has 0 aliphatic carbocycles. The second kappa shape index (κ2) is 74.3. The van der Waals surface area contributed by atoms with Gasteiger partial charge in [-0.15, -0.1) is 0 Å². The van der Waals surface area contributed by atoms with E-state index in [1.807, 2.05) is 6.08 Å². The molecule has 666 valence electrons. The molecule has 3 aliphatic rings. The lowest BCUT2D eigenvalue weighted by molar-refractivity contribution is -0.379. The van der Waals surface area contributed by atoms with Gasteiger partial charge in [-0.05, 0) is 96.3 Å². The highest BCUT2D eigenvalue weighted by Gasteiger charge is 2.54. The monoisotopic (exact) mass is 1620 g/mol. The van der Waals surface area contributed by atoms with Gasteiger partial charge in [0.25, 0.3) is 0 Å². The number of nitrogens with one attached hydrogen (secondary N) is 1. The third kappa shape index (κ3) is 52.4. The summed E-state index contributed by atoms with van der Waals surface area (Å²) in [6.07, 6.45) is 78.2. The minimum absolute atomic E-state index is 0.230. The second-order valence-electron chi connectivity index (χ2n) is 32.7. The van der Waals surface area contributed by atoms with Gasteiger partial charge in [-0.2, -0.15) is 0 Å². The molecule has 0 aromatic carbocycles. The van der Waals surface area contributed by atoms with Crippen LogP contribution in [0, 0.1) is 0 Å². The number of aliphatic hydroxyl groups is 11. The predicted octanol–water partition coefficient (Wildman–Crippen LogP) is 18.4. The summed E-state index contributed by atoms with van der Waals surface area (Å²) in [5.74, 6) is -0.286. The highest BCUT2D eigenvalue weighted by atomic mass is 16.8. The summed E-state index contributed by atoms with van der Waals surface area (Å²) in [7, 11) is 0. The third-order valence-electron chi connectivity index (χ3n) is 22.5. The fourth-order valence-electron chi connectivity index (χ4n) is 15.2. The smallest absolute Gasteiger partial charge is 0.220 e. The molecule has 0 aromatic rings. The fourth-order valence-corrected chi connectivity index (χ4v) is 15.2. The van der Waals surface area contributed by atoms with E-state index in [-0.39, 0.29) is 18.9 Å². The van der Waals surface area contributed by atoms with Gasteiger partial charge in [-0.25, -0.2) is 0 Å². The van der Waals surface area contributed by atoms with Gasteiger partial charge >= 0.3 is 0 Å². The van der Waals surface area contributed by atoms with Gasteiger partial charge in [-0.3, -0.25) is 4.79 Å². The predicted molar refractivity (Wildman–Crippen MR) is 466 cm³/mol. The SMILES string of the molecule is CC/C=C\C/C=C\C/C=C\C/C=C\C/C=C\C/C=C\CCCCCCCCCCCCCCCCCCCCCCC(=O)NC(COC1OC(CO)C(OC2OC(CO)C(OC3OC(CO)C(O)C(O)C3O)C(O)C2O)C(O)C1O)C(O)/C=C/CC/C=C/CC/C=C/CCCCCCCCCCCCCCCCCCCCCCC. The number of amides is 1. The molecule has 0 radical (unpaired) electrons. The van der Waals surface area contributed by atoms with Gasteiger partial charge in [0.05, 0.1) is 38.6 Å². The van der Waals surface area contributed by atoms with Crippen LogP contribution in [0.2, 0.25) is 0 Å². The van der Waals surface area contributed by atoms with E-state index >= 15 is 0 Å². The van der Waals surface area contributed by atoms with E-state index in [1.54, 1.807) is 6.08 Å². The number of hydrogen-bond acceptors (Lipinski definition) is 18. The minimum atomic E-state index is -1.99. The Bertz CT molecular complexity index is 2500. The molecule has 19 nitrogen and oxygen atoms in total. The van der Waals surface area contributed by atoms with Gasteiger partial charge in [0, 0.05) is 6.42 Å². The van der Waals surface area contributed by atoms with E-state index in [9.17, 15) is 61.0 Å². The first kappa shape index (κ1) is 106. The molecule has 0 saturated carbocycles. The normalized spacial score (nSPS) is 25.1. The number of carbonyl (C=O) groups is 1. The molecule has 0 bridgehead atoms. The van der Waals surface area contributed by atoms with Gasteiger partial charge in [0.15, 0.2) is 18.9 Å². The van der Waals surface area contributed by atoms with Crippen LogP contribution in [0.1, 0.15) is 361 Å². The van der Waals surface area contributed by atoms with E-state index < -0.39 is 124 Å². The molecule has 17 atom stereocenters. The number of rotatable bonds is 75. The van der Waals surface area contributed by atoms with Crippen LogP contribution < -0.4 is 5.32 Å². The Morgan fingerprint density at radius 3 is 0.974 bits per heavy atom. The van der Waals surface area contributed by atoms with Gasteiger partial charge in [0.2, 0.25) is 5.91 Å². The van der Waals surface area contributed by atoms with E-state index in [0.717, 1.165) is 83.5 Å². The second-order valence-corrected chi connectivity index (χ2v) is 32.7. The van der Waals surface area contributed by atoms with Crippen LogP contribution in [0.3, 0.4) is 0 Å². The van der Waals surface area contributed by atoms with Crippen LogP contribution >= 0.6 is 0 Å². The largest absolute Gasteiger partial charge is 0.394 e. The highest BCUT2D eigenvalue weighted by Crippen LogP contribution is 2.34. The summed E-state index contributed by atoms with van der Waals surface area (Å²) >= 11 is 0. The molecule has 3 heterocycles. The zero-order chi connectivity index (χ0) is 83.1. The molecule has 19 heteroatoms. The van der Waals surface area contributed by atoms with E-state index in [0.29, 0.717) is 12.8 Å². The Balaban J connectivity index is 1.32. The van der Waals surface area contributed by atoms with Gasteiger partial charge in [-0.1, -0.05) is 367 Å². The van der Waals surface area contributed by atoms with Gasteiger partial charge in [0.1, 0.15) is 73.2 Å². The summed E-state index contributed by atoms with van der Waals surface area (Å²) in [6, 6.07) is -1.00. The Hall–Kier alpha value is -3.55. The maximum absolute atomic E-state index is 13.5. The quantitative estimate of drug-likeness (QED) is 0.0199. The Kier molecular flexibility index (Phi) is 68.2. The molecule has 0 aromatic heterocycles. The first-order valence-corrected chi connectivity index (χ1v) is 46.6. The fraction of sp³-hybridized carbons (Fsp3) is 0.802. The maximum Gasteiger partial charge on any atom is 0.220 e. The first-order valence-electron chi connectivity index (χ1n) is 46.6. The molecule has 3 rings (SSSR count). The summed E-state index contributed by atoms with van der Waals surface area (Å²) in [6.45, 7) is 1.64. The minimum Gasteiger partial charge on any atom is -0.394 e. The maximum atomic E-state index is 13.5. The van der Waals surface area contributed by atoms with Crippen molar-refractivity contribution in [3.63, 3.8) is 0 Å². The summed E-state index contributed by atoms with van der Waals surface area (Å²) in [5.41, 5.74) is 0. The van der Waals surface area contributed by atoms with Gasteiger partial charge < -0.3 is 89.9 Å². The Morgan fingerprint density at radius 1 is 0.322 bits per heavy atom. The van der Waals surface area contributed by atoms with Crippen molar-refractivity contribution in [2.75, 3.05) is 26.4 Å². The molecule has 3 saturated heterocycles. The number of aliphatic hydroxyl groups excluding tert-OH is 11. The van der Waals surface area contributed by atoms with Crippen molar-refractivity contribution in [2.24, 2.45) is 0 Å². The van der Waals surface area contributed by atoms with Crippen LogP contribution in [0.4, 0.5) is 0 Å². The van der Waals surface area contributed by atoms with Crippen LogP contribution in [0.15, 0.2) is 109 Å². The molecular weight excluding hydrogens is 1460 g/mol. The van der Waals surface area contributed by atoms with Crippen LogP contribution in [0.5, 0.6) is 0 Å². The lowest BCUT2D eigenvalue weighted by atomic mass is 9.96. The average molecular weight is 1630 g/mol. The summed E-state index contributed by atoms with van der Waals surface area (Å²) in [4.78, 5) is 13.5. The van der Waals surface area contributed by atoms with Crippen molar-refractivity contribution in [2.45, 2.75) is 465 Å². The molecular formula is C96H169NO18. The molecule has 3 fully saturated rings. The molecule has 12 N–H and O–H groups in total. The van der Waals surface area contributed by atoms with E-state index in [2.05, 4.69) is 116 Å². The average Bonchev–Trinajstić information content (AvgIpc) is 0.779. The lowest BCUT2D eigenvalue weighted by Gasteiger charge is -2.48. The topological polar surface area (TPSA) is 307 Å². The van der Waals surface area contributed by atoms with Crippen LogP contribution in [-0.2, 0) is 33.2 Å². The highest BCUT2D eigenvalue weighted by molar-refractivity contribution is 5.76. The first-order chi connectivity index (χ1) is 56.3. The molecule has 0 spiro atoms. The molecule has 1 amide bonds. The number of carbonyl (C=O) groups excluding carboxylic acids is 1.